The van der Waals surface area contributed by atoms with E-state index in [2.05, 4.69) is 0 Å². The zero-order valence-electron chi connectivity index (χ0n) is 11.4. The average Bonchev–Trinajstić information content (AvgIpc) is 2.65. The Balaban J connectivity index is 2.26. The Morgan fingerprint density at radius 1 is 1.15 bits per heavy atom. The molecular formula is C14H18ClNO3S. The van der Waals surface area contributed by atoms with Crippen LogP contribution in [-0.4, -0.2) is 32.3 Å². The Kier molecular flexibility index (Phi) is 4.70. The molecule has 0 radical (unpaired) electrons. The zero-order chi connectivity index (χ0) is 14.8. The summed E-state index contributed by atoms with van der Waals surface area (Å²) in [5, 5.41) is 0. The highest BCUT2D eigenvalue weighted by Crippen LogP contribution is 2.21. The second-order valence-electron chi connectivity index (χ2n) is 5.12. The fourth-order valence-electron chi connectivity index (χ4n) is 2.47. The predicted molar refractivity (Wildman–Crippen MR) is 78.6 cm³/mol. The molecule has 0 N–H and O–H groups in total. The number of carbonyl (C=O) groups is 1. The van der Waals surface area contributed by atoms with Crippen molar-refractivity contribution < 1.29 is 13.2 Å². The topological polar surface area (TPSA) is 54.5 Å². The van der Waals surface area contributed by atoms with Crippen molar-refractivity contribution in [2.45, 2.75) is 37.5 Å². The molecule has 1 aliphatic rings. The van der Waals surface area contributed by atoms with E-state index in [9.17, 15) is 13.2 Å². The minimum atomic E-state index is -3.75. The van der Waals surface area contributed by atoms with Crippen LogP contribution in [0.3, 0.4) is 0 Å². The van der Waals surface area contributed by atoms with Crippen LogP contribution in [0.25, 0.3) is 0 Å². The molecule has 20 heavy (non-hydrogen) atoms. The van der Waals surface area contributed by atoms with Gasteiger partial charge in [0.2, 0.25) is 0 Å². The molecule has 0 spiro atoms. The molecule has 1 aromatic carbocycles. The molecule has 110 valence electrons. The minimum absolute atomic E-state index is 0.0251. The van der Waals surface area contributed by atoms with E-state index in [0.717, 1.165) is 38.8 Å². The van der Waals surface area contributed by atoms with Crippen molar-refractivity contribution in [1.82, 2.24) is 4.90 Å². The molecule has 1 saturated heterocycles. The quantitative estimate of drug-likeness (QED) is 0.788. The Bertz CT molecular complexity index is 605. The fraction of sp³-hybridized carbons (Fsp3) is 0.500. The van der Waals surface area contributed by atoms with Crippen LogP contribution in [0.2, 0.25) is 0 Å². The third-order valence-electron chi connectivity index (χ3n) is 3.60. The van der Waals surface area contributed by atoms with Crippen LogP contribution in [-0.2, 0) is 9.05 Å². The van der Waals surface area contributed by atoms with Crippen molar-refractivity contribution in [1.29, 1.82) is 0 Å². The summed E-state index contributed by atoms with van der Waals surface area (Å²) in [4.78, 5) is 14.4. The van der Waals surface area contributed by atoms with Crippen LogP contribution in [0.1, 0.15) is 41.6 Å². The standard InChI is InChI=1S/C14H18ClNO3S/c1-11-10-12(20(15,18)19)6-7-13(11)14(17)16-8-4-2-3-5-9-16/h6-7,10H,2-5,8-9H2,1H3. The SMILES string of the molecule is Cc1cc(S(=O)(=O)Cl)ccc1C(=O)N1CCCCCC1. The maximum atomic E-state index is 12.5. The lowest BCUT2D eigenvalue weighted by atomic mass is 10.1. The molecule has 0 saturated carbocycles. The molecule has 1 aliphatic heterocycles. The smallest absolute Gasteiger partial charge is 0.261 e. The van der Waals surface area contributed by atoms with Crippen LogP contribution in [0.5, 0.6) is 0 Å². The van der Waals surface area contributed by atoms with Crippen LogP contribution in [0.4, 0.5) is 0 Å². The number of benzene rings is 1. The summed E-state index contributed by atoms with van der Waals surface area (Å²) < 4.78 is 22.6. The Morgan fingerprint density at radius 3 is 2.25 bits per heavy atom. The number of likely N-dealkylation sites (tertiary alicyclic amines) is 1. The largest absolute Gasteiger partial charge is 0.339 e. The van der Waals surface area contributed by atoms with Crippen molar-refractivity contribution in [3.8, 4) is 0 Å². The number of halogens is 1. The first-order valence-corrected chi connectivity index (χ1v) is 9.05. The number of hydrogen-bond donors (Lipinski definition) is 0. The molecule has 1 fully saturated rings. The van der Waals surface area contributed by atoms with Gasteiger partial charge in [-0.25, -0.2) is 8.42 Å². The van der Waals surface area contributed by atoms with Crippen molar-refractivity contribution in [3.05, 3.63) is 29.3 Å². The van der Waals surface area contributed by atoms with Gasteiger partial charge in [-0.15, -0.1) is 0 Å². The minimum Gasteiger partial charge on any atom is -0.339 e. The average molecular weight is 316 g/mol. The normalized spacial score (nSPS) is 16.8. The first-order chi connectivity index (χ1) is 9.39. The Labute approximate surface area is 124 Å². The van der Waals surface area contributed by atoms with Gasteiger partial charge in [0, 0.05) is 29.3 Å². The number of rotatable bonds is 2. The van der Waals surface area contributed by atoms with Gasteiger partial charge >= 0.3 is 0 Å². The van der Waals surface area contributed by atoms with Gasteiger partial charge in [-0.05, 0) is 43.5 Å². The molecule has 0 aliphatic carbocycles. The maximum Gasteiger partial charge on any atom is 0.261 e. The van der Waals surface area contributed by atoms with E-state index < -0.39 is 9.05 Å². The lowest BCUT2D eigenvalue weighted by molar-refractivity contribution is 0.0761. The monoisotopic (exact) mass is 315 g/mol. The molecule has 1 aromatic rings. The Hall–Kier alpha value is -1.07. The van der Waals surface area contributed by atoms with Gasteiger partial charge in [-0.2, -0.15) is 0 Å². The van der Waals surface area contributed by atoms with Crippen LogP contribution >= 0.6 is 10.7 Å². The van der Waals surface area contributed by atoms with Crippen molar-refractivity contribution in [3.63, 3.8) is 0 Å². The maximum absolute atomic E-state index is 12.5. The summed E-state index contributed by atoms with van der Waals surface area (Å²) in [6, 6.07) is 4.39. The summed E-state index contributed by atoms with van der Waals surface area (Å²) in [6.45, 7) is 3.28. The van der Waals surface area contributed by atoms with Crippen LogP contribution in [0.15, 0.2) is 23.1 Å². The predicted octanol–water partition coefficient (Wildman–Crippen LogP) is 2.94. The molecule has 0 aromatic heterocycles. The summed E-state index contributed by atoms with van der Waals surface area (Å²) >= 11 is 0. The number of carbonyl (C=O) groups excluding carboxylic acids is 1. The summed E-state index contributed by atoms with van der Waals surface area (Å²) in [6.07, 6.45) is 4.37. The molecule has 2 rings (SSSR count). The van der Waals surface area contributed by atoms with E-state index in [1.165, 1.54) is 12.1 Å². The molecule has 0 atom stereocenters. The van der Waals surface area contributed by atoms with Crippen molar-refractivity contribution in [2.75, 3.05) is 13.1 Å². The van der Waals surface area contributed by atoms with Crippen LogP contribution in [0, 0.1) is 6.92 Å². The van der Waals surface area contributed by atoms with E-state index >= 15 is 0 Å². The highest BCUT2D eigenvalue weighted by molar-refractivity contribution is 8.13. The molecule has 4 nitrogen and oxygen atoms in total. The highest BCUT2D eigenvalue weighted by atomic mass is 35.7. The molecule has 0 bridgehead atoms. The third-order valence-corrected chi connectivity index (χ3v) is 4.95. The lowest BCUT2D eigenvalue weighted by Crippen LogP contribution is -2.32. The van der Waals surface area contributed by atoms with Crippen molar-refractivity contribution in [2.24, 2.45) is 0 Å². The summed E-state index contributed by atoms with van der Waals surface area (Å²) in [7, 11) is 1.56. The zero-order valence-corrected chi connectivity index (χ0v) is 13.0. The van der Waals surface area contributed by atoms with Gasteiger partial charge in [0.15, 0.2) is 0 Å². The van der Waals surface area contributed by atoms with Crippen molar-refractivity contribution >= 4 is 25.6 Å². The van der Waals surface area contributed by atoms with Gasteiger partial charge < -0.3 is 4.90 Å². The number of aryl methyl sites for hydroxylation is 1. The van der Waals surface area contributed by atoms with Gasteiger partial charge in [-0.1, -0.05) is 12.8 Å². The fourth-order valence-corrected chi connectivity index (χ4v) is 3.31. The van der Waals surface area contributed by atoms with Crippen LogP contribution < -0.4 is 0 Å². The van der Waals surface area contributed by atoms with E-state index in [0.29, 0.717) is 11.1 Å². The Morgan fingerprint density at radius 2 is 1.75 bits per heavy atom. The van der Waals surface area contributed by atoms with Gasteiger partial charge in [0.25, 0.3) is 15.0 Å². The van der Waals surface area contributed by atoms with E-state index in [1.807, 2.05) is 4.90 Å². The summed E-state index contributed by atoms with van der Waals surface area (Å²) in [5.74, 6) is -0.0251. The van der Waals surface area contributed by atoms with Gasteiger partial charge in [0.1, 0.15) is 0 Å². The second-order valence-corrected chi connectivity index (χ2v) is 7.69. The van der Waals surface area contributed by atoms with E-state index in [-0.39, 0.29) is 10.8 Å². The van der Waals surface area contributed by atoms with Gasteiger partial charge in [-0.3, -0.25) is 4.79 Å². The molecule has 6 heteroatoms. The number of amides is 1. The first kappa shape index (κ1) is 15.3. The number of hydrogen-bond acceptors (Lipinski definition) is 3. The molecule has 0 unspecified atom stereocenters. The number of nitrogens with zero attached hydrogens (tertiary/aromatic N) is 1. The molecular weight excluding hydrogens is 298 g/mol. The third kappa shape index (κ3) is 3.52. The van der Waals surface area contributed by atoms with E-state index in [1.54, 1.807) is 13.0 Å². The highest BCUT2D eigenvalue weighted by Gasteiger charge is 2.20. The first-order valence-electron chi connectivity index (χ1n) is 6.74. The van der Waals surface area contributed by atoms with Gasteiger partial charge in [0.05, 0.1) is 4.90 Å². The second kappa shape index (κ2) is 6.14. The molecule has 1 heterocycles. The molecule has 1 amide bonds. The lowest BCUT2D eigenvalue weighted by Gasteiger charge is -2.21. The van der Waals surface area contributed by atoms with E-state index in [4.69, 9.17) is 10.7 Å². The summed E-state index contributed by atoms with van der Waals surface area (Å²) in [5.41, 5.74) is 1.19.